The molecule has 0 aliphatic carbocycles. The summed E-state index contributed by atoms with van der Waals surface area (Å²) in [6.45, 7) is 2.84. The summed E-state index contributed by atoms with van der Waals surface area (Å²) in [4.78, 5) is 22.6. The second-order valence-corrected chi connectivity index (χ2v) is 7.66. The van der Waals surface area contributed by atoms with Crippen molar-refractivity contribution < 1.29 is 13.9 Å². The zero-order chi connectivity index (χ0) is 21.4. The Balaban J connectivity index is 1.95. The van der Waals surface area contributed by atoms with Crippen molar-refractivity contribution in [1.82, 2.24) is 15.2 Å². The summed E-state index contributed by atoms with van der Waals surface area (Å²) in [5.41, 5.74) is 7.32. The Kier molecular flexibility index (Phi) is 8.53. The normalized spacial score (nSPS) is 13.8. The van der Waals surface area contributed by atoms with Gasteiger partial charge in [-0.3, -0.25) is 9.79 Å². The van der Waals surface area contributed by atoms with Gasteiger partial charge in [-0.2, -0.15) is 0 Å². The first-order valence-electron chi connectivity index (χ1n) is 9.26. The molecule has 0 radical (unpaired) electrons. The number of hydrogen-bond acceptors (Lipinski definition) is 5. The van der Waals surface area contributed by atoms with Gasteiger partial charge in [-0.1, -0.05) is 12.1 Å². The number of aromatic nitrogens is 1. The van der Waals surface area contributed by atoms with E-state index in [9.17, 15) is 9.18 Å². The highest BCUT2D eigenvalue weighted by atomic mass is 32.1. The lowest BCUT2D eigenvalue weighted by atomic mass is 9.98. The first-order chi connectivity index (χ1) is 13.8. The van der Waals surface area contributed by atoms with Crippen LogP contribution in [0.4, 0.5) is 4.39 Å². The molecule has 0 bridgehead atoms. The number of aliphatic imine (C=N–C) groups is 1. The summed E-state index contributed by atoms with van der Waals surface area (Å²) in [6, 6.07) is 6.07. The molecule has 0 saturated heterocycles. The summed E-state index contributed by atoms with van der Waals surface area (Å²) in [7, 11) is 5.23. The van der Waals surface area contributed by atoms with Gasteiger partial charge in [-0.05, 0) is 31.0 Å². The van der Waals surface area contributed by atoms with Crippen LogP contribution in [0.1, 0.15) is 29.3 Å². The van der Waals surface area contributed by atoms with E-state index < -0.39 is 11.8 Å². The first kappa shape index (κ1) is 22.8. The predicted octanol–water partition coefficient (Wildman–Crippen LogP) is 2.34. The van der Waals surface area contributed by atoms with E-state index in [4.69, 9.17) is 10.5 Å². The van der Waals surface area contributed by atoms with E-state index in [-0.39, 0.29) is 11.9 Å². The third kappa shape index (κ3) is 6.79. The molecule has 0 spiro atoms. The van der Waals surface area contributed by atoms with Gasteiger partial charge in [0.25, 0.3) is 0 Å². The summed E-state index contributed by atoms with van der Waals surface area (Å²) in [5.74, 6) is -0.545. The Bertz CT molecular complexity index is 825. The molecule has 0 aliphatic rings. The highest BCUT2D eigenvalue weighted by molar-refractivity contribution is 7.09. The van der Waals surface area contributed by atoms with Crippen LogP contribution in [0.15, 0.2) is 34.6 Å². The number of methoxy groups -OCH3 is 1. The number of guanidine groups is 1. The van der Waals surface area contributed by atoms with E-state index in [1.54, 1.807) is 37.6 Å². The van der Waals surface area contributed by atoms with Crippen LogP contribution >= 0.6 is 11.3 Å². The molecule has 29 heavy (non-hydrogen) atoms. The smallest absolute Gasteiger partial charge is 0.222 e. The number of hydrogen-bond donors (Lipinski definition) is 2. The van der Waals surface area contributed by atoms with E-state index in [2.05, 4.69) is 15.3 Å². The van der Waals surface area contributed by atoms with Crippen LogP contribution in [-0.2, 0) is 22.5 Å². The second kappa shape index (κ2) is 10.9. The van der Waals surface area contributed by atoms with Gasteiger partial charge in [0, 0.05) is 33.1 Å². The van der Waals surface area contributed by atoms with Crippen LogP contribution in [-0.4, -0.2) is 49.5 Å². The van der Waals surface area contributed by atoms with Crippen LogP contribution in [0.5, 0.6) is 0 Å². The van der Waals surface area contributed by atoms with Gasteiger partial charge in [0.05, 0.1) is 18.2 Å². The van der Waals surface area contributed by atoms with Crippen LogP contribution in [0.25, 0.3) is 0 Å². The quantitative estimate of drug-likeness (QED) is 0.479. The fourth-order valence-corrected chi connectivity index (χ4v) is 3.62. The standard InChI is InChI=1S/C20H28FN5O2S/c1-13(28-4)19-25-17(12-29-19)11-26(3)20(23-2)24-10-15(18(22)27)9-14-5-7-16(21)8-6-14/h5-8,12-13,15H,9-11H2,1-4H3,(H2,22,27)(H,23,24). The SMILES string of the molecule is CN=C(NCC(Cc1ccc(F)cc1)C(N)=O)N(C)Cc1csc(C(C)OC)n1. The Morgan fingerprint density at radius 3 is 2.69 bits per heavy atom. The number of ether oxygens (including phenoxy) is 1. The molecule has 3 N–H and O–H groups in total. The Hall–Kier alpha value is -2.52. The monoisotopic (exact) mass is 421 g/mol. The zero-order valence-electron chi connectivity index (χ0n) is 17.2. The lowest BCUT2D eigenvalue weighted by Gasteiger charge is -2.23. The average Bonchev–Trinajstić information content (AvgIpc) is 3.16. The number of nitrogens with two attached hydrogens (primary N) is 1. The molecule has 2 rings (SSSR count). The number of carbonyl (C=O) groups excluding carboxylic acids is 1. The van der Waals surface area contributed by atoms with Gasteiger partial charge in [0.15, 0.2) is 5.96 Å². The van der Waals surface area contributed by atoms with E-state index >= 15 is 0 Å². The topological polar surface area (TPSA) is 92.8 Å². The molecule has 0 saturated carbocycles. The number of benzene rings is 1. The molecule has 1 amide bonds. The van der Waals surface area contributed by atoms with E-state index in [1.165, 1.54) is 12.1 Å². The Morgan fingerprint density at radius 2 is 2.10 bits per heavy atom. The van der Waals surface area contributed by atoms with Crippen molar-refractivity contribution in [2.24, 2.45) is 16.6 Å². The van der Waals surface area contributed by atoms with Crippen LogP contribution in [0.2, 0.25) is 0 Å². The second-order valence-electron chi connectivity index (χ2n) is 6.77. The molecule has 7 nitrogen and oxygen atoms in total. The zero-order valence-corrected chi connectivity index (χ0v) is 18.0. The van der Waals surface area contributed by atoms with Crippen molar-refractivity contribution in [3.8, 4) is 0 Å². The molecule has 0 aliphatic heterocycles. The highest BCUT2D eigenvalue weighted by Gasteiger charge is 2.18. The third-order valence-electron chi connectivity index (χ3n) is 4.55. The van der Waals surface area contributed by atoms with Crippen molar-refractivity contribution in [1.29, 1.82) is 0 Å². The number of thiazole rings is 1. The minimum Gasteiger partial charge on any atom is -0.375 e. The minimum atomic E-state index is -0.445. The van der Waals surface area contributed by atoms with Gasteiger partial charge in [-0.25, -0.2) is 9.37 Å². The largest absolute Gasteiger partial charge is 0.375 e. The van der Waals surface area contributed by atoms with Crippen molar-refractivity contribution in [3.05, 3.63) is 51.7 Å². The van der Waals surface area contributed by atoms with Crippen molar-refractivity contribution in [3.63, 3.8) is 0 Å². The van der Waals surface area contributed by atoms with Gasteiger partial charge in [-0.15, -0.1) is 11.3 Å². The Morgan fingerprint density at radius 1 is 1.41 bits per heavy atom. The lowest BCUT2D eigenvalue weighted by molar-refractivity contribution is -0.121. The number of halogens is 1. The van der Waals surface area contributed by atoms with E-state index in [0.717, 1.165) is 16.3 Å². The molecule has 2 aromatic rings. The fraction of sp³-hybridized carbons (Fsp3) is 0.450. The number of nitrogens with zero attached hydrogens (tertiary/aromatic N) is 3. The summed E-state index contributed by atoms with van der Waals surface area (Å²) >= 11 is 1.56. The highest BCUT2D eigenvalue weighted by Crippen LogP contribution is 2.21. The molecule has 0 fully saturated rings. The number of rotatable bonds is 9. The molecule has 2 unspecified atom stereocenters. The van der Waals surface area contributed by atoms with Crippen LogP contribution in [0, 0.1) is 11.7 Å². The van der Waals surface area contributed by atoms with E-state index in [1.807, 2.05) is 24.3 Å². The lowest BCUT2D eigenvalue weighted by Crippen LogP contribution is -2.43. The molecular formula is C20H28FN5O2S. The van der Waals surface area contributed by atoms with Crippen LogP contribution < -0.4 is 11.1 Å². The summed E-state index contributed by atoms with van der Waals surface area (Å²) < 4.78 is 18.4. The summed E-state index contributed by atoms with van der Waals surface area (Å²) in [6.07, 6.45) is 0.382. The van der Waals surface area contributed by atoms with Crippen molar-refractivity contribution >= 4 is 23.2 Å². The molecule has 1 aromatic heterocycles. The molecule has 1 heterocycles. The minimum absolute atomic E-state index is 0.0423. The number of nitrogens with one attached hydrogen (secondary N) is 1. The van der Waals surface area contributed by atoms with Gasteiger partial charge < -0.3 is 20.7 Å². The van der Waals surface area contributed by atoms with Gasteiger partial charge in [0.1, 0.15) is 16.9 Å². The molecule has 158 valence electrons. The van der Waals surface area contributed by atoms with Gasteiger partial charge >= 0.3 is 0 Å². The fourth-order valence-electron chi connectivity index (χ4n) is 2.78. The maximum atomic E-state index is 13.1. The van der Waals surface area contributed by atoms with Crippen LogP contribution in [0.3, 0.4) is 0 Å². The first-order valence-corrected chi connectivity index (χ1v) is 10.1. The van der Waals surface area contributed by atoms with E-state index in [0.29, 0.717) is 25.5 Å². The molecule has 2 atom stereocenters. The third-order valence-corrected chi connectivity index (χ3v) is 5.60. The predicted molar refractivity (Wildman–Crippen MR) is 113 cm³/mol. The average molecular weight is 422 g/mol. The van der Waals surface area contributed by atoms with Crippen molar-refractivity contribution in [2.75, 3.05) is 27.7 Å². The summed E-state index contributed by atoms with van der Waals surface area (Å²) in [5, 5.41) is 6.11. The number of carbonyl (C=O) groups is 1. The number of primary amides is 1. The maximum absolute atomic E-state index is 13.1. The number of amides is 1. The Labute approximate surface area is 174 Å². The molecular weight excluding hydrogens is 393 g/mol. The maximum Gasteiger partial charge on any atom is 0.222 e. The van der Waals surface area contributed by atoms with Crippen molar-refractivity contribution in [2.45, 2.75) is 26.0 Å². The van der Waals surface area contributed by atoms with Gasteiger partial charge in [0.2, 0.25) is 5.91 Å². The molecule has 1 aromatic carbocycles. The molecule has 9 heteroatoms.